The Bertz CT molecular complexity index is 621. The van der Waals surface area contributed by atoms with Crippen LogP contribution >= 0.6 is 0 Å². The summed E-state index contributed by atoms with van der Waals surface area (Å²) in [6.07, 6.45) is 3.51. The van der Waals surface area contributed by atoms with E-state index in [9.17, 15) is 4.79 Å². The van der Waals surface area contributed by atoms with Crippen LogP contribution in [-0.2, 0) is 11.3 Å². The van der Waals surface area contributed by atoms with Crippen molar-refractivity contribution in [2.45, 2.75) is 13.5 Å². The molecule has 2 aromatic rings. The number of rotatable bonds is 4. The molecule has 0 amide bonds. The Morgan fingerprint density at radius 3 is 2.90 bits per heavy atom. The molecule has 2 N–H and O–H groups in total. The Balaban J connectivity index is 2.43. The minimum absolute atomic E-state index is 0.386. The molecule has 1 heterocycles. The van der Waals surface area contributed by atoms with E-state index in [-0.39, 0.29) is 5.97 Å². The van der Waals surface area contributed by atoms with Gasteiger partial charge in [0.25, 0.3) is 0 Å². The van der Waals surface area contributed by atoms with E-state index in [4.69, 9.17) is 10.5 Å². The number of nitrogens with zero attached hydrogens (tertiary/aromatic N) is 3. The molecule has 2 rings (SSSR count). The number of anilines is 3. The summed E-state index contributed by atoms with van der Waals surface area (Å²) < 4.78 is 6.72. The van der Waals surface area contributed by atoms with Crippen LogP contribution in [0.25, 0.3) is 0 Å². The second-order valence-electron chi connectivity index (χ2n) is 4.36. The van der Waals surface area contributed by atoms with Gasteiger partial charge in [-0.3, -0.25) is 0 Å². The van der Waals surface area contributed by atoms with Gasteiger partial charge in [-0.05, 0) is 25.1 Å². The fourth-order valence-electron chi connectivity index (χ4n) is 2.04. The summed E-state index contributed by atoms with van der Waals surface area (Å²) in [5.74, 6) is 0.518. The van der Waals surface area contributed by atoms with Crippen LogP contribution in [0.15, 0.2) is 30.7 Å². The number of ether oxygens (including phenoxy) is 1. The molecule has 0 saturated carbocycles. The largest absolute Gasteiger partial charge is 0.465 e. The summed E-state index contributed by atoms with van der Waals surface area (Å²) in [6, 6.07) is 5.06. The third kappa shape index (κ3) is 2.45. The van der Waals surface area contributed by atoms with Gasteiger partial charge in [-0.2, -0.15) is 0 Å². The van der Waals surface area contributed by atoms with E-state index in [2.05, 4.69) is 4.98 Å². The van der Waals surface area contributed by atoms with Crippen LogP contribution in [0.2, 0.25) is 0 Å². The van der Waals surface area contributed by atoms with Gasteiger partial charge in [0, 0.05) is 13.6 Å². The van der Waals surface area contributed by atoms with Crippen LogP contribution in [0, 0.1) is 0 Å². The van der Waals surface area contributed by atoms with E-state index in [1.54, 1.807) is 30.7 Å². The van der Waals surface area contributed by atoms with E-state index >= 15 is 0 Å². The van der Waals surface area contributed by atoms with Crippen LogP contribution in [0.1, 0.15) is 17.3 Å². The molecule has 0 atom stereocenters. The predicted molar refractivity (Wildman–Crippen MR) is 78.2 cm³/mol. The third-order valence-corrected chi connectivity index (χ3v) is 3.19. The van der Waals surface area contributed by atoms with Gasteiger partial charge in [0.2, 0.25) is 0 Å². The van der Waals surface area contributed by atoms with E-state index in [1.807, 2.05) is 23.4 Å². The summed E-state index contributed by atoms with van der Waals surface area (Å²) in [7, 11) is 3.24. The first kappa shape index (κ1) is 13.9. The summed E-state index contributed by atoms with van der Waals surface area (Å²) >= 11 is 0. The Kier molecular flexibility index (Phi) is 3.93. The van der Waals surface area contributed by atoms with Crippen molar-refractivity contribution in [1.29, 1.82) is 0 Å². The number of imidazole rings is 1. The molecule has 1 aromatic heterocycles. The van der Waals surface area contributed by atoms with Crippen LogP contribution in [-0.4, -0.2) is 29.7 Å². The number of aromatic nitrogens is 2. The highest BCUT2D eigenvalue weighted by Gasteiger charge is 2.14. The minimum Gasteiger partial charge on any atom is -0.465 e. The van der Waals surface area contributed by atoms with E-state index in [1.165, 1.54) is 7.11 Å². The van der Waals surface area contributed by atoms with Gasteiger partial charge in [0.15, 0.2) is 0 Å². The lowest BCUT2D eigenvalue weighted by molar-refractivity contribution is 0.0601. The number of nitrogens with two attached hydrogens (primary N) is 1. The normalized spacial score (nSPS) is 10.3. The lowest BCUT2D eigenvalue weighted by Crippen LogP contribution is -2.16. The third-order valence-electron chi connectivity index (χ3n) is 3.19. The maximum atomic E-state index is 11.6. The van der Waals surface area contributed by atoms with Crippen molar-refractivity contribution in [3.8, 4) is 0 Å². The Morgan fingerprint density at radius 2 is 2.25 bits per heavy atom. The van der Waals surface area contributed by atoms with Crippen molar-refractivity contribution < 1.29 is 9.53 Å². The number of benzene rings is 1. The monoisotopic (exact) mass is 274 g/mol. The second kappa shape index (κ2) is 5.64. The van der Waals surface area contributed by atoms with Crippen LogP contribution < -0.4 is 10.6 Å². The zero-order chi connectivity index (χ0) is 14.7. The molecule has 0 unspecified atom stereocenters. The number of aryl methyl sites for hydroxylation is 1. The highest BCUT2D eigenvalue weighted by molar-refractivity contribution is 5.92. The van der Waals surface area contributed by atoms with E-state index < -0.39 is 0 Å². The van der Waals surface area contributed by atoms with Crippen LogP contribution in [0.5, 0.6) is 0 Å². The maximum Gasteiger partial charge on any atom is 0.337 e. The van der Waals surface area contributed by atoms with Crippen LogP contribution in [0.4, 0.5) is 17.2 Å². The van der Waals surface area contributed by atoms with Crippen LogP contribution in [0.3, 0.4) is 0 Å². The molecule has 0 saturated heterocycles. The van der Waals surface area contributed by atoms with Gasteiger partial charge in [-0.1, -0.05) is 0 Å². The number of carbonyl (C=O) groups excluding carboxylic acids is 1. The van der Waals surface area contributed by atoms with Gasteiger partial charge < -0.3 is 19.9 Å². The Morgan fingerprint density at radius 1 is 1.50 bits per heavy atom. The number of nitrogen functional groups attached to an aromatic ring is 1. The Hall–Kier alpha value is -2.50. The first-order valence-corrected chi connectivity index (χ1v) is 6.30. The molecule has 0 spiro atoms. The quantitative estimate of drug-likeness (QED) is 0.682. The van der Waals surface area contributed by atoms with Crippen molar-refractivity contribution in [1.82, 2.24) is 9.55 Å². The number of carbonyl (C=O) groups is 1. The number of esters is 1. The van der Waals surface area contributed by atoms with Gasteiger partial charge in [-0.15, -0.1) is 0 Å². The molecule has 0 aliphatic rings. The molecular weight excluding hydrogens is 256 g/mol. The van der Waals surface area contributed by atoms with Crippen molar-refractivity contribution >= 4 is 23.2 Å². The van der Waals surface area contributed by atoms with Gasteiger partial charge in [0.1, 0.15) is 5.82 Å². The minimum atomic E-state index is -0.386. The Labute approximate surface area is 117 Å². The van der Waals surface area contributed by atoms with Gasteiger partial charge in [0.05, 0.1) is 36.6 Å². The molecule has 6 nitrogen and oxygen atoms in total. The van der Waals surface area contributed by atoms with Crippen molar-refractivity contribution in [3.63, 3.8) is 0 Å². The molecule has 20 heavy (non-hydrogen) atoms. The van der Waals surface area contributed by atoms with Crippen molar-refractivity contribution in [2.75, 3.05) is 24.8 Å². The summed E-state index contributed by atoms with van der Waals surface area (Å²) in [6.45, 7) is 2.84. The first-order valence-electron chi connectivity index (χ1n) is 6.30. The molecule has 0 radical (unpaired) electrons. The van der Waals surface area contributed by atoms with E-state index in [0.717, 1.165) is 18.1 Å². The number of methoxy groups -OCH3 is 1. The molecule has 0 bridgehead atoms. The molecule has 0 aliphatic heterocycles. The molecular formula is C14H18N4O2. The standard InChI is InChI=1S/C14H18N4O2/c1-4-18-9-16-8-13(18)17(2)12-7-10(14(19)20-3)5-6-11(12)15/h5-9H,4,15H2,1-3H3. The molecule has 106 valence electrons. The fourth-order valence-corrected chi connectivity index (χ4v) is 2.04. The lowest BCUT2D eigenvalue weighted by atomic mass is 10.1. The SMILES string of the molecule is CCn1cncc1N(C)c1cc(C(=O)OC)ccc1N. The second-order valence-corrected chi connectivity index (χ2v) is 4.36. The highest BCUT2D eigenvalue weighted by atomic mass is 16.5. The average Bonchev–Trinajstić information content (AvgIpc) is 2.94. The molecule has 0 aliphatic carbocycles. The molecule has 0 fully saturated rings. The maximum absolute atomic E-state index is 11.6. The summed E-state index contributed by atoms with van der Waals surface area (Å²) in [5, 5.41) is 0. The molecule has 6 heteroatoms. The van der Waals surface area contributed by atoms with Crippen molar-refractivity contribution in [3.05, 3.63) is 36.3 Å². The number of hydrogen-bond acceptors (Lipinski definition) is 5. The zero-order valence-electron chi connectivity index (χ0n) is 11.8. The first-order chi connectivity index (χ1) is 9.58. The molecule has 1 aromatic carbocycles. The zero-order valence-corrected chi connectivity index (χ0v) is 11.8. The van der Waals surface area contributed by atoms with E-state index in [0.29, 0.717) is 11.3 Å². The topological polar surface area (TPSA) is 73.4 Å². The summed E-state index contributed by atoms with van der Waals surface area (Å²) in [5.41, 5.74) is 7.80. The number of hydrogen-bond donors (Lipinski definition) is 1. The highest BCUT2D eigenvalue weighted by Crippen LogP contribution is 2.29. The smallest absolute Gasteiger partial charge is 0.337 e. The summed E-state index contributed by atoms with van der Waals surface area (Å²) in [4.78, 5) is 17.6. The fraction of sp³-hybridized carbons (Fsp3) is 0.286. The van der Waals surface area contributed by atoms with Gasteiger partial charge in [-0.25, -0.2) is 9.78 Å². The van der Waals surface area contributed by atoms with Gasteiger partial charge >= 0.3 is 5.97 Å². The van der Waals surface area contributed by atoms with Crippen molar-refractivity contribution in [2.24, 2.45) is 0 Å². The average molecular weight is 274 g/mol. The lowest BCUT2D eigenvalue weighted by Gasteiger charge is -2.22. The predicted octanol–water partition coefficient (Wildman–Crippen LogP) is 2.04.